The van der Waals surface area contributed by atoms with E-state index in [0.29, 0.717) is 17.4 Å². The van der Waals surface area contributed by atoms with E-state index in [1.807, 2.05) is 27.2 Å². The average molecular weight is 985 g/mol. The zero-order valence-electron chi connectivity index (χ0n) is 46.4. The molecule has 0 heterocycles. The number of carbonyl (C=O) groups excluding carboxylic acids is 1. The summed E-state index contributed by atoms with van der Waals surface area (Å²) in [5.74, 6) is -0.170. The number of allylic oxidation sites excluding steroid dienone is 1. The summed E-state index contributed by atoms with van der Waals surface area (Å²) in [6.45, 7) is 4.86. The summed E-state index contributed by atoms with van der Waals surface area (Å²) < 4.78 is 23.7. The molecule has 0 saturated heterocycles. The summed E-state index contributed by atoms with van der Waals surface area (Å²) in [4.78, 5) is 23.3. The van der Waals surface area contributed by atoms with Crippen molar-refractivity contribution in [2.24, 2.45) is 0 Å². The third-order valence-electron chi connectivity index (χ3n) is 14.0. The fourth-order valence-corrected chi connectivity index (χ4v) is 10.0. The number of phosphoric ester groups is 1. The molecule has 0 aromatic rings. The predicted octanol–water partition coefficient (Wildman–Crippen LogP) is 18.2. The maximum atomic E-state index is 13.0. The summed E-state index contributed by atoms with van der Waals surface area (Å²) in [7, 11) is 1.59. The van der Waals surface area contributed by atoms with E-state index in [1.54, 1.807) is 6.08 Å². The lowest BCUT2D eigenvalue weighted by molar-refractivity contribution is -0.870. The maximum Gasteiger partial charge on any atom is 0.472 e. The van der Waals surface area contributed by atoms with Gasteiger partial charge in [-0.15, -0.1) is 0 Å². The van der Waals surface area contributed by atoms with Gasteiger partial charge in [-0.25, -0.2) is 4.57 Å². The normalized spacial score (nSPS) is 13.9. The molecule has 0 aliphatic rings. The van der Waals surface area contributed by atoms with Crippen LogP contribution in [-0.2, 0) is 18.4 Å². The molecule has 0 bridgehead atoms. The molecule has 0 aromatic heterocycles. The highest BCUT2D eigenvalue weighted by Crippen LogP contribution is 2.43. The van der Waals surface area contributed by atoms with Crippen LogP contribution in [0.5, 0.6) is 0 Å². The van der Waals surface area contributed by atoms with Gasteiger partial charge in [0.1, 0.15) is 13.2 Å². The molecule has 0 aliphatic carbocycles. The maximum absolute atomic E-state index is 13.0. The van der Waals surface area contributed by atoms with Crippen molar-refractivity contribution in [2.75, 3.05) is 40.9 Å². The number of hydrogen-bond acceptors (Lipinski definition) is 5. The molecule has 0 aliphatic heterocycles. The van der Waals surface area contributed by atoms with Gasteiger partial charge in [0.25, 0.3) is 0 Å². The highest BCUT2D eigenvalue weighted by molar-refractivity contribution is 7.47. The molecule has 0 saturated carbocycles. The van der Waals surface area contributed by atoms with Gasteiger partial charge in [-0.1, -0.05) is 296 Å². The van der Waals surface area contributed by atoms with Crippen molar-refractivity contribution in [3.05, 3.63) is 12.2 Å². The molecular formula is C59H120N2O6P+. The Morgan fingerprint density at radius 2 is 0.779 bits per heavy atom. The van der Waals surface area contributed by atoms with Crippen LogP contribution < -0.4 is 5.32 Å². The second kappa shape index (κ2) is 51.2. The summed E-state index contributed by atoms with van der Waals surface area (Å²) in [6, 6.07) is -0.841. The van der Waals surface area contributed by atoms with Gasteiger partial charge in [0.15, 0.2) is 0 Å². The number of unbranched alkanes of at least 4 members (excludes halogenated alkanes) is 43. The van der Waals surface area contributed by atoms with E-state index < -0.39 is 20.0 Å². The van der Waals surface area contributed by atoms with Crippen LogP contribution in [0.2, 0.25) is 0 Å². The van der Waals surface area contributed by atoms with Crippen molar-refractivity contribution in [3.63, 3.8) is 0 Å². The lowest BCUT2D eigenvalue weighted by Crippen LogP contribution is -2.45. The van der Waals surface area contributed by atoms with Gasteiger partial charge in [0, 0.05) is 6.42 Å². The summed E-state index contributed by atoms with van der Waals surface area (Å²) in [5.41, 5.74) is 0. The number of amides is 1. The predicted molar refractivity (Wildman–Crippen MR) is 295 cm³/mol. The zero-order valence-corrected chi connectivity index (χ0v) is 47.3. The van der Waals surface area contributed by atoms with Crippen LogP contribution in [0.25, 0.3) is 0 Å². The van der Waals surface area contributed by atoms with Gasteiger partial charge in [-0.05, 0) is 19.3 Å². The second-order valence-electron chi connectivity index (χ2n) is 22.1. The Labute approximate surface area is 424 Å². The molecule has 0 radical (unpaired) electrons. The van der Waals surface area contributed by atoms with Crippen molar-refractivity contribution in [2.45, 2.75) is 321 Å². The number of nitrogens with one attached hydrogen (secondary N) is 1. The van der Waals surface area contributed by atoms with Gasteiger partial charge >= 0.3 is 7.82 Å². The van der Waals surface area contributed by atoms with E-state index in [4.69, 9.17) is 9.05 Å². The Morgan fingerprint density at radius 3 is 1.09 bits per heavy atom. The lowest BCUT2D eigenvalue weighted by Gasteiger charge is -2.25. The Morgan fingerprint density at radius 1 is 0.485 bits per heavy atom. The number of hydrogen-bond donors (Lipinski definition) is 3. The van der Waals surface area contributed by atoms with E-state index in [9.17, 15) is 19.4 Å². The minimum atomic E-state index is -4.34. The first-order valence-corrected chi connectivity index (χ1v) is 31.6. The van der Waals surface area contributed by atoms with Gasteiger partial charge in [-0.2, -0.15) is 0 Å². The molecule has 3 atom stereocenters. The molecule has 9 heteroatoms. The van der Waals surface area contributed by atoms with Crippen LogP contribution in [-0.4, -0.2) is 73.4 Å². The third-order valence-corrected chi connectivity index (χ3v) is 15.0. The summed E-state index contributed by atoms with van der Waals surface area (Å²) in [6.07, 6.45) is 63.3. The van der Waals surface area contributed by atoms with Gasteiger partial charge in [0.2, 0.25) is 5.91 Å². The van der Waals surface area contributed by atoms with E-state index in [0.717, 1.165) is 32.1 Å². The van der Waals surface area contributed by atoms with Crippen molar-refractivity contribution >= 4 is 13.7 Å². The van der Waals surface area contributed by atoms with Crippen LogP contribution in [0.4, 0.5) is 0 Å². The standard InChI is InChI=1S/C59H119N2O6P/c1-6-8-10-12-14-16-18-20-22-23-24-25-26-27-28-29-30-31-32-33-34-35-36-37-39-41-43-45-47-49-51-53-59(63)60-57(56-67-68(64,65)66-55-54-61(3,4)5)58(62)52-50-48-46-44-42-40-38-21-19-17-15-13-11-9-7-2/h50,52,57-58,62H,6-49,51,53-56H2,1-5H3,(H-,60,63,64,65)/p+1/b52-50+/t57-,58+/m0/s1. The molecular weight excluding hydrogens is 864 g/mol. The Bertz CT molecular complexity index is 1120. The van der Waals surface area contributed by atoms with Crippen molar-refractivity contribution in [3.8, 4) is 0 Å². The van der Waals surface area contributed by atoms with Crippen molar-refractivity contribution in [1.82, 2.24) is 5.32 Å². The molecule has 3 N–H and O–H groups in total. The Kier molecular flexibility index (Phi) is 50.6. The third kappa shape index (κ3) is 53.0. The van der Waals surface area contributed by atoms with Gasteiger partial charge in [-0.3, -0.25) is 13.8 Å². The van der Waals surface area contributed by atoms with Gasteiger partial charge < -0.3 is 19.8 Å². The number of aliphatic hydroxyl groups excluding tert-OH is 1. The van der Waals surface area contributed by atoms with E-state index in [1.165, 1.54) is 257 Å². The van der Waals surface area contributed by atoms with Crippen LogP contribution in [0, 0.1) is 0 Å². The molecule has 8 nitrogen and oxygen atoms in total. The highest BCUT2D eigenvalue weighted by Gasteiger charge is 2.27. The quantitative estimate of drug-likeness (QED) is 0.0243. The summed E-state index contributed by atoms with van der Waals surface area (Å²) in [5, 5.41) is 13.9. The first kappa shape index (κ1) is 67.2. The SMILES string of the molecule is CCCCCCCCCCCCCCC/C=C/[C@@H](O)[C@H](COP(=O)(O)OCC[N+](C)(C)C)NC(=O)CCCCCCCCCCCCCCCCCCCCCCCCCCCCCCCCC. The van der Waals surface area contributed by atoms with Crippen LogP contribution in [0.1, 0.15) is 309 Å². The molecule has 0 fully saturated rings. The van der Waals surface area contributed by atoms with Crippen LogP contribution in [0.15, 0.2) is 12.2 Å². The highest BCUT2D eigenvalue weighted by atomic mass is 31.2. The van der Waals surface area contributed by atoms with Crippen LogP contribution in [0.3, 0.4) is 0 Å². The first-order valence-electron chi connectivity index (χ1n) is 30.1. The average Bonchev–Trinajstić information content (AvgIpc) is 3.30. The number of rotatable bonds is 56. The fourth-order valence-electron chi connectivity index (χ4n) is 9.28. The van der Waals surface area contributed by atoms with Crippen LogP contribution >= 0.6 is 7.82 Å². The molecule has 0 aromatic carbocycles. The Balaban J connectivity index is 4.01. The number of carbonyl (C=O) groups is 1. The number of nitrogens with zero attached hydrogens (tertiary/aromatic N) is 1. The largest absolute Gasteiger partial charge is 0.472 e. The van der Waals surface area contributed by atoms with Gasteiger partial charge in [0.05, 0.1) is 39.9 Å². The minimum Gasteiger partial charge on any atom is -0.387 e. The zero-order chi connectivity index (χ0) is 49.9. The first-order chi connectivity index (χ1) is 33.0. The second-order valence-corrected chi connectivity index (χ2v) is 23.5. The molecule has 1 unspecified atom stereocenters. The monoisotopic (exact) mass is 984 g/mol. The van der Waals surface area contributed by atoms with E-state index in [2.05, 4.69) is 19.2 Å². The minimum absolute atomic E-state index is 0.0651. The molecule has 0 rings (SSSR count). The molecule has 0 spiro atoms. The molecule has 406 valence electrons. The molecule has 1 amide bonds. The number of aliphatic hydroxyl groups is 1. The van der Waals surface area contributed by atoms with Crippen molar-refractivity contribution < 1.29 is 32.9 Å². The Hall–Kier alpha value is -0.760. The van der Waals surface area contributed by atoms with E-state index >= 15 is 0 Å². The smallest absolute Gasteiger partial charge is 0.387 e. The number of likely N-dealkylation sites (N-methyl/N-ethyl adjacent to an activating group) is 1. The van der Waals surface area contributed by atoms with E-state index in [-0.39, 0.29) is 19.1 Å². The topological polar surface area (TPSA) is 105 Å². The summed E-state index contributed by atoms with van der Waals surface area (Å²) >= 11 is 0. The molecule has 68 heavy (non-hydrogen) atoms. The number of quaternary nitrogens is 1. The lowest BCUT2D eigenvalue weighted by atomic mass is 10.0. The fraction of sp³-hybridized carbons (Fsp3) is 0.949. The van der Waals surface area contributed by atoms with Crippen molar-refractivity contribution in [1.29, 1.82) is 0 Å². The number of phosphoric acid groups is 1.